The molecule has 0 spiro atoms. The van der Waals surface area contributed by atoms with Gasteiger partial charge in [0.05, 0.1) is 0 Å². The zero-order chi connectivity index (χ0) is 13.0. The predicted molar refractivity (Wildman–Crippen MR) is 70.6 cm³/mol. The summed E-state index contributed by atoms with van der Waals surface area (Å²) in [5.74, 6) is 0.388. The minimum absolute atomic E-state index is 0.189. The molecular formula is C10H14N4O2S2. The molecule has 1 aliphatic rings. The Hall–Kier alpha value is -1.12. The molecule has 0 radical (unpaired) electrons. The fraction of sp³-hybridized carbons (Fsp3) is 0.500. The molecule has 8 heteroatoms. The Morgan fingerprint density at radius 2 is 2.22 bits per heavy atom. The van der Waals surface area contributed by atoms with E-state index in [-0.39, 0.29) is 10.6 Å². The smallest absolute Gasteiger partial charge is 0.260 e. The highest BCUT2D eigenvalue weighted by atomic mass is 32.2. The number of hydrogen-bond acceptors (Lipinski definition) is 5. The van der Waals surface area contributed by atoms with E-state index in [9.17, 15) is 8.42 Å². The molecule has 0 bridgehead atoms. The number of aromatic nitrogens is 2. The number of nitrogens with one attached hydrogen (secondary N) is 2. The lowest BCUT2D eigenvalue weighted by atomic mass is 10.4. The van der Waals surface area contributed by atoms with Gasteiger partial charge < -0.3 is 5.32 Å². The molecule has 2 heterocycles. The number of hydrogen-bond donors (Lipinski definition) is 2. The van der Waals surface area contributed by atoms with Gasteiger partial charge in [0.2, 0.25) is 0 Å². The molecule has 98 valence electrons. The third kappa shape index (κ3) is 1.80. The normalized spacial score (nSPS) is 18.1. The predicted octanol–water partition coefficient (Wildman–Crippen LogP) is 1.27. The van der Waals surface area contributed by atoms with E-state index in [0.717, 1.165) is 12.8 Å². The van der Waals surface area contributed by atoms with Gasteiger partial charge in [0.15, 0.2) is 15.8 Å². The molecule has 2 N–H and O–H groups in total. The third-order valence-corrected chi connectivity index (χ3v) is 5.51. The Kier molecular flexibility index (Phi) is 2.45. The van der Waals surface area contributed by atoms with Crippen molar-refractivity contribution in [2.75, 3.05) is 12.4 Å². The van der Waals surface area contributed by atoms with Gasteiger partial charge in [-0.25, -0.2) is 18.1 Å². The van der Waals surface area contributed by atoms with E-state index < -0.39 is 10.0 Å². The zero-order valence-corrected chi connectivity index (χ0v) is 11.7. The summed E-state index contributed by atoms with van der Waals surface area (Å²) in [4.78, 5) is 4.93. The minimum atomic E-state index is -3.56. The molecule has 0 aliphatic heterocycles. The second-order valence-corrected chi connectivity index (χ2v) is 7.21. The molecule has 0 aromatic carbocycles. The molecule has 1 saturated carbocycles. The van der Waals surface area contributed by atoms with Gasteiger partial charge in [0, 0.05) is 24.2 Å². The standard InChI is InChI=1S/C10H14N4O2S2/c1-10(3-4-10)13-18(15,16)8-7(11-2)12-9-14(8)5-6-17-9/h5-6,11,13H,3-4H2,1-2H3. The Labute approximate surface area is 109 Å². The van der Waals surface area contributed by atoms with Gasteiger partial charge in [-0.05, 0) is 19.8 Å². The van der Waals surface area contributed by atoms with Crippen LogP contribution in [-0.2, 0) is 10.0 Å². The van der Waals surface area contributed by atoms with Crippen molar-refractivity contribution < 1.29 is 8.42 Å². The van der Waals surface area contributed by atoms with Crippen molar-refractivity contribution in [2.24, 2.45) is 0 Å². The second-order valence-electron chi connectivity index (χ2n) is 4.74. The molecule has 6 nitrogen and oxygen atoms in total. The quantitative estimate of drug-likeness (QED) is 0.887. The molecule has 18 heavy (non-hydrogen) atoms. The lowest BCUT2D eigenvalue weighted by Crippen LogP contribution is -2.35. The van der Waals surface area contributed by atoms with Crippen molar-refractivity contribution in [1.29, 1.82) is 0 Å². The Morgan fingerprint density at radius 1 is 1.50 bits per heavy atom. The van der Waals surface area contributed by atoms with Gasteiger partial charge in [0.1, 0.15) is 0 Å². The van der Waals surface area contributed by atoms with Gasteiger partial charge in [0.25, 0.3) is 10.0 Å². The number of nitrogens with zero attached hydrogens (tertiary/aromatic N) is 2. The fourth-order valence-electron chi connectivity index (χ4n) is 1.85. The van der Waals surface area contributed by atoms with Crippen LogP contribution in [0.1, 0.15) is 19.8 Å². The summed E-state index contributed by atoms with van der Waals surface area (Å²) in [5, 5.41) is 4.85. The summed E-state index contributed by atoms with van der Waals surface area (Å²) in [6, 6.07) is 0. The van der Waals surface area contributed by atoms with E-state index in [2.05, 4.69) is 15.0 Å². The third-order valence-electron chi connectivity index (χ3n) is 3.09. The summed E-state index contributed by atoms with van der Waals surface area (Å²) >= 11 is 1.41. The maximum absolute atomic E-state index is 12.4. The molecule has 1 aliphatic carbocycles. The van der Waals surface area contributed by atoms with Gasteiger partial charge in [-0.15, -0.1) is 11.3 Å². The molecule has 0 atom stereocenters. The van der Waals surface area contributed by atoms with Crippen LogP contribution in [0.3, 0.4) is 0 Å². The summed E-state index contributed by atoms with van der Waals surface area (Å²) < 4.78 is 29.2. The number of rotatable bonds is 4. The first-order valence-electron chi connectivity index (χ1n) is 5.62. The molecule has 0 saturated heterocycles. The number of fused-ring (bicyclic) bond motifs is 1. The maximum atomic E-state index is 12.4. The monoisotopic (exact) mass is 286 g/mol. The van der Waals surface area contributed by atoms with Crippen molar-refractivity contribution in [3.05, 3.63) is 11.6 Å². The first kappa shape index (κ1) is 11.9. The molecule has 0 unspecified atom stereocenters. The Morgan fingerprint density at radius 3 is 2.83 bits per heavy atom. The van der Waals surface area contributed by atoms with Crippen LogP contribution in [0, 0.1) is 0 Å². The highest BCUT2D eigenvalue weighted by Gasteiger charge is 2.42. The number of thiazole rings is 1. The van der Waals surface area contributed by atoms with Crippen molar-refractivity contribution >= 4 is 32.1 Å². The van der Waals surface area contributed by atoms with Crippen molar-refractivity contribution in [3.8, 4) is 0 Å². The largest absolute Gasteiger partial charge is 0.371 e. The lowest BCUT2D eigenvalue weighted by molar-refractivity contribution is 0.554. The van der Waals surface area contributed by atoms with Crippen molar-refractivity contribution in [1.82, 2.24) is 14.1 Å². The molecule has 0 amide bonds. The van der Waals surface area contributed by atoms with E-state index in [1.165, 1.54) is 11.3 Å². The summed E-state index contributed by atoms with van der Waals surface area (Å²) in [5.41, 5.74) is -0.288. The minimum Gasteiger partial charge on any atom is -0.371 e. The van der Waals surface area contributed by atoms with E-state index >= 15 is 0 Å². The Balaban J connectivity index is 2.14. The first-order chi connectivity index (χ1) is 8.45. The highest BCUT2D eigenvalue weighted by Crippen LogP contribution is 2.37. The van der Waals surface area contributed by atoms with Gasteiger partial charge in [-0.1, -0.05) is 0 Å². The molecule has 2 aromatic rings. The van der Waals surface area contributed by atoms with Gasteiger partial charge >= 0.3 is 0 Å². The van der Waals surface area contributed by atoms with Gasteiger partial charge in [-0.3, -0.25) is 4.40 Å². The maximum Gasteiger partial charge on any atom is 0.260 e. The van der Waals surface area contributed by atoms with Gasteiger partial charge in [-0.2, -0.15) is 0 Å². The van der Waals surface area contributed by atoms with E-state index in [1.807, 2.05) is 12.3 Å². The lowest BCUT2D eigenvalue weighted by Gasteiger charge is -2.12. The first-order valence-corrected chi connectivity index (χ1v) is 7.99. The SMILES string of the molecule is CNc1nc2sccn2c1S(=O)(=O)NC1(C)CC1. The van der Waals surface area contributed by atoms with Crippen LogP contribution in [0.2, 0.25) is 0 Å². The molecule has 3 rings (SSSR count). The van der Waals surface area contributed by atoms with Crippen LogP contribution in [0.15, 0.2) is 16.6 Å². The number of anilines is 1. The summed E-state index contributed by atoms with van der Waals surface area (Å²) in [6.07, 6.45) is 3.48. The fourth-order valence-corrected chi connectivity index (χ4v) is 4.38. The highest BCUT2D eigenvalue weighted by molar-refractivity contribution is 7.89. The van der Waals surface area contributed by atoms with Crippen LogP contribution in [0.5, 0.6) is 0 Å². The van der Waals surface area contributed by atoms with Crippen molar-refractivity contribution in [3.63, 3.8) is 0 Å². The Bertz CT molecular complexity index is 697. The summed E-state index contributed by atoms with van der Waals surface area (Å²) in [7, 11) is -1.89. The van der Waals surface area contributed by atoms with Crippen molar-refractivity contribution in [2.45, 2.75) is 30.3 Å². The number of sulfonamides is 1. The van der Waals surface area contributed by atoms with Crippen LogP contribution in [-0.4, -0.2) is 30.4 Å². The van der Waals surface area contributed by atoms with E-state index in [0.29, 0.717) is 10.8 Å². The second kappa shape index (κ2) is 3.69. The van der Waals surface area contributed by atoms with Crippen LogP contribution in [0.25, 0.3) is 4.96 Å². The summed E-state index contributed by atoms with van der Waals surface area (Å²) in [6.45, 7) is 1.91. The van der Waals surface area contributed by atoms with Crippen LogP contribution >= 0.6 is 11.3 Å². The molecule has 1 fully saturated rings. The van der Waals surface area contributed by atoms with Crippen LogP contribution < -0.4 is 10.0 Å². The van der Waals surface area contributed by atoms with E-state index in [4.69, 9.17) is 0 Å². The average molecular weight is 286 g/mol. The van der Waals surface area contributed by atoms with E-state index in [1.54, 1.807) is 17.6 Å². The molecular weight excluding hydrogens is 272 g/mol. The van der Waals surface area contributed by atoms with Crippen LogP contribution in [0.4, 0.5) is 5.82 Å². The molecule has 2 aromatic heterocycles. The average Bonchev–Trinajstić information content (AvgIpc) is 2.75. The zero-order valence-electron chi connectivity index (χ0n) is 10.1. The topological polar surface area (TPSA) is 75.5 Å². The number of imidazole rings is 1.